The second-order valence-corrected chi connectivity index (χ2v) is 7.67. The Morgan fingerprint density at radius 2 is 2.12 bits per heavy atom. The first kappa shape index (κ1) is 18.7. The van der Waals surface area contributed by atoms with Crippen LogP contribution in [-0.4, -0.2) is 48.6 Å². The molecule has 2 aliphatic heterocycles. The van der Waals surface area contributed by atoms with Crippen molar-refractivity contribution in [2.45, 2.75) is 51.6 Å². The van der Waals surface area contributed by atoms with Crippen LogP contribution in [0.25, 0.3) is 0 Å². The maximum Gasteiger partial charge on any atom is 0.321 e. The van der Waals surface area contributed by atoms with Gasteiger partial charge in [0.1, 0.15) is 0 Å². The van der Waals surface area contributed by atoms with Crippen LogP contribution < -0.4 is 16.0 Å². The van der Waals surface area contributed by atoms with Crippen molar-refractivity contribution >= 4 is 17.6 Å². The normalized spacial score (nSPS) is 26.2. The summed E-state index contributed by atoms with van der Waals surface area (Å²) in [5, 5.41) is 9.55. The molecule has 3 rings (SSSR count). The number of likely N-dealkylation sites (tertiary alicyclic amines) is 1. The van der Waals surface area contributed by atoms with Gasteiger partial charge in [-0.15, -0.1) is 0 Å². The highest BCUT2D eigenvalue weighted by Gasteiger charge is 2.30. The SMILES string of the molecule is Cc1cccc(NC(=O)N2CCCC(C(=O)NC3CCNC(C)C3)C2)c1. The van der Waals surface area contributed by atoms with Gasteiger partial charge in [-0.1, -0.05) is 12.1 Å². The zero-order valence-corrected chi connectivity index (χ0v) is 15.8. The fourth-order valence-corrected chi connectivity index (χ4v) is 3.88. The molecule has 6 nitrogen and oxygen atoms in total. The van der Waals surface area contributed by atoms with Gasteiger partial charge in [-0.2, -0.15) is 0 Å². The molecule has 3 N–H and O–H groups in total. The first-order valence-electron chi connectivity index (χ1n) is 9.67. The molecule has 3 amide bonds. The number of anilines is 1. The average Bonchev–Trinajstić information content (AvgIpc) is 2.62. The lowest BCUT2D eigenvalue weighted by Gasteiger charge is -2.34. The van der Waals surface area contributed by atoms with Gasteiger partial charge < -0.3 is 20.9 Å². The number of amides is 3. The van der Waals surface area contributed by atoms with Crippen LogP contribution in [-0.2, 0) is 4.79 Å². The predicted octanol–water partition coefficient (Wildman–Crippen LogP) is 2.50. The molecule has 2 heterocycles. The van der Waals surface area contributed by atoms with Gasteiger partial charge in [-0.05, 0) is 63.8 Å². The van der Waals surface area contributed by atoms with Crippen molar-refractivity contribution < 1.29 is 9.59 Å². The van der Waals surface area contributed by atoms with Crippen molar-refractivity contribution in [1.29, 1.82) is 0 Å². The van der Waals surface area contributed by atoms with E-state index in [4.69, 9.17) is 0 Å². The van der Waals surface area contributed by atoms with Crippen molar-refractivity contribution in [3.8, 4) is 0 Å². The Labute approximate surface area is 155 Å². The van der Waals surface area contributed by atoms with E-state index in [0.717, 1.165) is 43.5 Å². The largest absolute Gasteiger partial charge is 0.353 e. The summed E-state index contributed by atoms with van der Waals surface area (Å²) in [5.74, 6) is -0.0191. The standard InChI is InChI=1S/C20H30N4O2/c1-14-5-3-7-17(11-14)23-20(26)24-10-4-6-16(13-24)19(25)22-18-8-9-21-15(2)12-18/h3,5,7,11,15-16,18,21H,4,6,8-10,12-13H2,1-2H3,(H,22,25)(H,23,26). The van der Waals surface area contributed by atoms with Crippen LogP contribution in [0.3, 0.4) is 0 Å². The molecule has 6 heteroatoms. The summed E-state index contributed by atoms with van der Waals surface area (Å²) < 4.78 is 0. The third kappa shape index (κ3) is 4.97. The van der Waals surface area contributed by atoms with Crippen LogP contribution in [0.1, 0.15) is 38.2 Å². The number of nitrogens with zero attached hydrogens (tertiary/aromatic N) is 1. The Hall–Kier alpha value is -2.08. The minimum atomic E-state index is -0.122. The van der Waals surface area contributed by atoms with Crippen molar-refractivity contribution in [1.82, 2.24) is 15.5 Å². The molecule has 0 aromatic heterocycles. The van der Waals surface area contributed by atoms with E-state index in [-0.39, 0.29) is 23.9 Å². The molecule has 3 unspecified atom stereocenters. The number of hydrogen-bond acceptors (Lipinski definition) is 3. The van der Waals surface area contributed by atoms with Gasteiger partial charge in [-0.25, -0.2) is 4.79 Å². The maximum absolute atomic E-state index is 12.7. The van der Waals surface area contributed by atoms with E-state index in [0.29, 0.717) is 19.1 Å². The van der Waals surface area contributed by atoms with E-state index in [9.17, 15) is 9.59 Å². The van der Waals surface area contributed by atoms with Crippen molar-refractivity contribution in [3.63, 3.8) is 0 Å². The van der Waals surface area contributed by atoms with Crippen LogP contribution in [0.5, 0.6) is 0 Å². The lowest BCUT2D eigenvalue weighted by Crippen LogP contribution is -2.51. The molecular weight excluding hydrogens is 328 g/mol. The topological polar surface area (TPSA) is 73.5 Å². The van der Waals surface area contributed by atoms with E-state index in [1.165, 1.54) is 0 Å². The Balaban J connectivity index is 1.53. The molecule has 0 aliphatic carbocycles. The number of rotatable bonds is 3. The number of nitrogens with one attached hydrogen (secondary N) is 3. The molecule has 2 fully saturated rings. The number of hydrogen-bond donors (Lipinski definition) is 3. The van der Waals surface area contributed by atoms with Gasteiger partial charge in [-0.3, -0.25) is 4.79 Å². The van der Waals surface area contributed by atoms with E-state index in [1.54, 1.807) is 4.90 Å². The molecule has 142 valence electrons. The molecule has 0 radical (unpaired) electrons. The molecule has 2 aliphatic rings. The maximum atomic E-state index is 12.7. The van der Waals surface area contributed by atoms with E-state index in [2.05, 4.69) is 22.9 Å². The molecule has 2 saturated heterocycles. The molecule has 1 aromatic carbocycles. The summed E-state index contributed by atoms with van der Waals surface area (Å²) >= 11 is 0. The van der Waals surface area contributed by atoms with Crippen molar-refractivity contribution in [2.75, 3.05) is 25.0 Å². The minimum absolute atomic E-state index is 0.0946. The fraction of sp³-hybridized carbons (Fsp3) is 0.600. The summed E-state index contributed by atoms with van der Waals surface area (Å²) in [5.41, 5.74) is 1.90. The Bertz CT molecular complexity index is 648. The highest BCUT2D eigenvalue weighted by Crippen LogP contribution is 2.19. The monoisotopic (exact) mass is 358 g/mol. The number of carbonyl (C=O) groups is 2. The van der Waals surface area contributed by atoms with Crippen molar-refractivity contribution in [3.05, 3.63) is 29.8 Å². The number of urea groups is 1. The molecule has 3 atom stereocenters. The number of benzene rings is 1. The summed E-state index contributed by atoms with van der Waals surface area (Å²) in [6, 6.07) is 8.33. The summed E-state index contributed by atoms with van der Waals surface area (Å²) in [4.78, 5) is 27.0. The molecule has 26 heavy (non-hydrogen) atoms. The van der Waals surface area contributed by atoms with Crippen LogP contribution in [0.15, 0.2) is 24.3 Å². The third-order valence-electron chi connectivity index (χ3n) is 5.32. The lowest BCUT2D eigenvalue weighted by molar-refractivity contribution is -0.127. The minimum Gasteiger partial charge on any atom is -0.353 e. The third-order valence-corrected chi connectivity index (χ3v) is 5.32. The quantitative estimate of drug-likeness (QED) is 0.777. The molecule has 0 saturated carbocycles. The first-order valence-corrected chi connectivity index (χ1v) is 9.67. The van der Waals surface area contributed by atoms with Gasteiger partial charge in [0, 0.05) is 30.9 Å². The van der Waals surface area contributed by atoms with Gasteiger partial charge in [0.25, 0.3) is 0 Å². The second kappa shape index (κ2) is 8.54. The van der Waals surface area contributed by atoms with Gasteiger partial charge in [0.2, 0.25) is 5.91 Å². The van der Waals surface area contributed by atoms with E-state index in [1.807, 2.05) is 31.2 Å². The predicted molar refractivity (Wildman–Crippen MR) is 103 cm³/mol. The Kier molecular flexibility index (Phi) is 6.14. The number of piperidine rings is 2. The van der Waals surface area contributed by atoms with Crippen LogP contribution >= 0.6 is 0 Å². The van der Waals surface area contributed by atoms with Crippen LogP contribution in [0, 0.1) is 12.8 Å². The lowest BCUT2D eigenvalue weighted by atomic mass is 9.95. The fourth-order valence-electron chi connectivity index (χ4n) is 3.88. The summed E-state index contributed by atoms with van der Waals surface area (Å²) in [6.45, 7) is 6.28. The Morgan fingerprint density at radius 1 is 1.27 bits per heavy atom. The number of aryl methyl sites for hydroxylation is 1. The van der Waals surface area contributed by atoms with E-state index < -0.39 is 0 Å². The van der Waals surface area contributed by atoms with Crippen molar-refractivity contribution in [2.24, 2.45) is 5.92 Å². The molecule has 0 bridgehead atoms. The molecule has 1 aromatic rings. The highest BCUT2D eigenvalue weighted by molar-refractivity contribution is 5.90. The van der Waals surface area contributed by atoms with Crippen LogP contribution in [0.2, 0.25) is 0 Å². The van der Waals surface area contributed by atoms with Gasteiger partial charge in [0.05, 0.1) is 5.92 Å². The average molecular weight is 358 g/mol. The molecular formula is C20H30N4O2. The zero-order chi connectivity index (χ0) is 18.5. The zero-order valence-electron chi connectivity index (χ0n) is 15.8. The van der Waals surface area contributed by atoms with E-state index >= 15 is 0 Å². The summed E-state index contributed by atoms with van der Waals surface area (Å²) in [7, 11) is 0. The van der Waals surface area contributed by atoms with Gasteiger partial charge >= 0.3 is 6.03 Å². The number of carbonyl (C=O) groups excluding carboxylic acids is 2. The summed E-state index contributed by atoms with van der Waals surface area (Å²) in [6.07, 6.45) is 3.65. The highest BCUT2D eigenvalue weighted by atomic mass is 16.2. The smallest absolute Gasteiger partial charge is 0.321 e. The van der Waals surface area contributed by atoms with Gasteiger partial charge in [0.15, 0.2) is 0 Å². The Morgan fingerprint density at radius 3 is 2.88 bits per heavy atom. The van der Waals surface area contributed by atoms with Crippen LogP contribution in [0.4, 0.5) is 10.5 Å². The molecule has 0 spiro atoms. The second-order valence-electron chi connectivity index (χ2n) is 7.67. The first-order chi connectivity index (χ1) is 12.5.